The van der Waals surface area contributed by atoms with Crippen LogP contribution in [0.25, 0.3) is 10.9 Å². The summed E-state index contributed by atoms with van der Waals surface area (Å²) in [4.78, 5) is 13.8. The first-order valence-electron chi connectivity index (χ1n) is 5.16. The lowest BCUT2D eigenvalue weighted by Gasteiger charge is -2.10. The van der Waals surface area contributed by atoms with E-state index in [2.05, 4.69) is 4.98 Å². The number of benzene rings is 1. The van der Waals surface area contributed by atoms with Crippen molar-refractivity contribution in [1.29, 1.82) is 0 Å². The maximum absolute atomic E-state index is 10.7. The largest absolute Gasteiger partial charge is 0.361 e. The molecule has 0 bridgehead atoms. The Bertz CT molecular complexity index is 507. The van der Waals surface area contributed by atoms with Crippen LogP contribution >= 0.6 is 0 Å². The van der Waals surface area contributed by atoms with Gasteiger partial charge in [0, 0.05) is 22.7 Å². The lowest BCUT2D eigenvalue weighted by molar-refractivity contribution is -0.658. The fourth-order valence-corrected chi connectivity index (χ4v) is 1.74. The van der Waals surface area contributed by atoms with Gasteiger partial charge < -0.3 is 4.98 Å². The third kappa shape index (κ3) is 1.84. The molecule has 5 heteroatoms. The maximum Gasteiger partial charge on any atom is 0.160 e. The number of nitro groups is 1. The zero-order valence-corrected chi connectivity index (χ0v) is 9.01. The Morgan fingerprint density at radius 3 is 2.88 bits per heavy atom. The molecule has 2 rings (SSSR count). The smallest absolute Gasteiger partial charge is 0.160 e. The van der Waals surface area contributed by atoms with Crippen molar-refractivity contribution in [3.8, 4) is 0 Å². The number of hydrogen-bond donors (Lipinski definition) is 1. The monoisotopic (exact) mass is 219 g/mol. The molecule has 0 saturated heterocycles. The molecular formula is C11H13N3O2. The summed E-state index contributed by atoms with van der Waals surface area (Å²) in [6.07, 6.45) is 1.83. The standard InChI is InChI=1S/C11H13N3O2/c1-2-13(14(15)16)8-9-7-12-11-6-4-3-5-10(9)11/h3-7,12H,2,8H2,1H3. The molecule has 0 aliphatic carbocycles. The van der Waals surface area contributed by atoms with E-state index in [4.69, 9.17) is 0 Å². The lowest BCUT2D eigenvalue weighted by atomic mass is 10.2. The van der Waals surface area contributed by atoms with E-state index in [0.717, 1.165) is 16.5 Å². The second-order valence-electron chi connectivity index (χ2n) is 3.58. The van der Waals surface area contributed by atoms with Crippen LogP contribution in [0.5, 0.6) is 0 Å². The summed E-state index contributed by atoms with van der Waals surface area (Å²) in [6, 6.07) is 7.80. The summed E-state index contributed by atoms with van der Waals surface area (Å²) in [7, 11) is 0. The molecule has 0 unspecified atom stereocenters. The molecular weight excluding hydrogens is 206 g/mol. The van der Waals surface area contributed by atoms with Crippen LogP contribution in [-0.2, 0) is 6.54 Å². The Balaban J connectivity index is 2.30. The van der Waals surface area contributed by atoms with Gasteiger partial charge >= 0.3 is 0 Å². The van der Waals surface area contributed by atoms with Gasteiger partial charge in [-0.1, -0.05) is 18.2 Å². The maximum atomic E-state index is 10.7. The van der Waals surface area contributed by atoms with Crippen LogP contribution in [0.15, 0.2) is 30.5 Å². The molecule has 84 valence electrons. The van der Waals surface area contributed by atoms with Crippen LogP contribution in [0.3, 0.4) is 0 Å². The van der Waals surface area contributed by atoms with E-state index in [1.165, 1.54) is 5.01 Å². The molecule has 0 spiro atoms. The van der Waals surface area contributed by atoms with Gasteiger partial charge in [-0.25, -0.2) is 10.1 Å². The summed E-state index contributed by atoms with van der Waals surface area (Å²) in [5, 5.41) is 12.6. The number of aromatic amines is 1. The number of hydrogen-bond acceptors (Lipinski definition) is 2. The Morgan fingerprint density at radius 2 is 2.19 bits per heavy atom. The first-order valence-corrected chi connectivity index (χ1v) is 5.16. The Morgan fingerprint density at radius 1 is 1.44 bits per heavy atom. The van der Waals surface area contributed by atoms with Crippen molar-refractivity contribution in [2.45, 2.75) is 13.5 Å². The number of para-hydroxylation sites is 1. The van der Waals surface area contributed by atoms with Crippen LogP contribution in [0.1, 0.15) is 12.5 Å². The van der Waals surface area contributed by atoms with Crippen molar-refractivity contribution in [3.05, 3.63) is 46.1 Å². The summed E-state index contributed by atoms with van der Waals surface area (Å²) >= 11 is 0. The average molecular weight is 219 g/mol. The lowest BCUT2D eigenvalue weighted by Crippen LogP contribution is -2.28. The van der Waals surface area contributed by atoms with E-state index >= 15 is 0 Å². The van der Waals surface area contributed by atoms with Crippen molar-refractivity contribution in [2.24, 2.45) is 0 Å². The average Bonchev–Trinajstić information content (AvgIpc) is 2.69. The van der Waals surface area contributed by atoms with E-state index in [0.29, 0.717) is 13.1 Å². The Kier molecular flexibility index (Phi) is 2.76. The van der Waals surface area contributed by atoms with Crippen molar-refractivity contribution in [2.75, 3.05) is 6.54 Å². The molecule has 1 heterocycles. The fraction of sp³-hybridized carbons (Fsp3) is 0.273. The molecule has 5 nitrogen and oxygen atoms in total. The highest BCUT2D eigenvalue weighted by Crippen LogP contribution is 2.19. The second kappa shape index (κ2) is 4.22. The zero-order chi connectivity index (χ0) is 11.5. The normalized spacial score (nSPS) is 10.6. The molecule has 1 N–H and O–H groups in total. The number of rotatable bonds is 4. The number of nitrogens with zero attached hydrogens (tertiary/aromatic N) is 2. The van der Waals surface area contributed by atoms with Gasteiger partial charge in [-0.15, -0.1) is 5.01 Å². The van der Waals surface area contributed by atoms with Crippen molar-refractivity contribution >= 4 is 10.9 Å². The van der Waals surface area contributed by atoms with Crippen LogP contribution in [-0.4, -0.2) is 21.6 Å². The number of H-pyrrole nitrogens is 1. The highest BCUT2D eigenvalue weighted by Gasteiger charge is 2.14. The molecule has 0 atom stereocenters. The molecule has 16 heavy (non-hydrogen) atoms. The van der Waals surface area contributed by atoms with Crippen LogP contribution in [0, 0.1) is 10.1 Å². The van der Waals surface area contributed by atoms with Crippen LogP contribution in [0.2, 0.25) is 0 Å². The van der Waals surface area contributed by atoms with Gasteiger partial charge in [-0.3, -0.25) is 0 Å². The summed E-state index contributed by atoms with van der Waals surface area (Å²) in [6.45, 7) is 2.50. The SMILES string of the molecule is CCN(Cc1c[nH]c2ccccc12)[N+](=O)[O-]. The van der Waals surface area contributed by atoms with Crippen molar-refractivity contribution < 1.29 is 5.03 Å². The fourth-order valence-electron chi connectivity index (χ4n) is 1.74. The van der Waals surface area contributed by atoms with E-state index in [1.54, 1.807) is 6.92 Å². The highest BCUT2D eigenvalue weighted by atomic mass is 16.7. The Hall–Kier alpha value is -2.04. The number of fused-ring (bicyclic) bond motifs is 1. The molecule has 0 radical (unpaired) electrons. The minimum Gasteiger partial charge on any atom is -0.361 e. The first kappa shape index (κ1) is 10.5. The van der Waals surface area contributed by atoms with Gasteiger partial charge in [0.1, 0.15) is 6.54 Å². The quantitative estimate of drug-likeness (QED) is 0.633. The number of hydrazine groups is 1. The Labute approximate surface area is 92.8 Å². The van der Waals surface area contributed by atoms with Crippen LogP contribution in [0.4, 0.5) is 0 Å². The molecule has 0 fully saturated rings. The highest BCUT2D eigenvalue weighted by molar-refractivity contribution is 5.82. The second-order valence-corrected chi connectivity index (χ2v) is 3.58. The van der Waals surface area contributed by atoms with Gasteiger partial charge in [0.25, 0.3) is 0 Å². The van der Waals surface area contributed by atoms with E-state index in [9.17, 15) is 10.1 Å². The van der Waals surface area contributed by atoms with Gasteiger partial charge in [-0.05, 0) is 13.0 Å². The third-order valence-electron chi connectivity index (χ3n) is 2.62. The number of nitrogens with one attached hydrogen (secondary N) is 1. The molecule has 1 aromatic heterocycles. The molecule has 0 aliphatic rings. The predicted molar refractivity (Wildman–Crippen MR) is 61.4 cm³/mol. The summed E-state index contributed by atoms with van der Waals surface area (Å²) in [5.74, 6) is 0. The molecule has 1 aromatic carbocycles. The van der Waals surface area contributed by atoms with Gasteiger partial charge in [-0.2, -0.15) is 0 Å². The zero-order valence-electron chi connectivity index (χ0n) is 9.01. The van der Waals surface area contributed by atoms with Gasteiger partial charge in [0.05, 0.1) is 6.54 Å². The summed E-state index contributed by atoms with van der Waals surface area (Å²) < 4.78 is 0. The van der Waals surface area contributed by atoms with E-state index in [-0.39, 0.29) is 5.03 Å². The van der Waals surface area contributed by atoms with Crippen molar-refractivity contribution in [1.82, 2.24) is 9.99 Å². The molecule has 0 amide bonds. The minimum atomic E-state index is -0.359. The minimum absolute atomic E-state index is 0.327. The van der Waals surface area contributed by atoms with Crippen molar-refractivity contribution in [3.63, 3.8) is 0 Å². The number of aromatic nitrogens is 1. The van der Waals surface area contributed by atoms with Crippen LogP contribution < -0.4 is 0 Å². The summed E-state index contributed by atoms with van der Waals surface area (Å²) in [5.41, 5.74) is 1.96. The molecule has 2 aromatic rings. The van der Waals surface area contributed by atoms with Gasteiger partial charge in [0.2, 0.25) is 0 Å². The van der Waals surface area contributed by atoms with Gasteiger partial charge in [0.15, 0.2) is 5.03 Å². The molecule has 0 saturated carbocycles. The predicted octanol–water partition coefficient (Wildman–Crippen LogP) is 2.18. The molecule has 0 aliphatic heterocycles. The topological polar surface area (TPSA) is 62.2 Å². The first-order chi connectivity index (χ1) is 7.72. The third-order valence-corrected chi connectivity index (χ3v) is 2.62. The van der Waals surface area contributed by atoms with E-state index < -0.39 is 0 Å². The van der Waals surface area contributed by atoms with E-state index in [1.807, 2.05) is 30.5 Å².